The highest BCUT2D eigenvalue weighted by Gasteiger charge is 2.25. The Morgan fingerprint density at radius 2 is 1.65 bits per heavy atom. The summed E-state index contributed by atoms with van der Waals surface area (Å²) in [5.74, 6) is -1.26. The predicted octanol–water partition coefficient (Wildman–Crippen LogP) is 5.16. The van der Waals surface area contributed by atoms with Crippen molar-refractivity contribution in [1.82, 2.24) is 0 Å². The number of esters is 1. The van der Waals surface area contributed by atoms with Crippen LogP contribution in [0.2, 0.25) is 0 Å². The molecule has 0 aliphatic heterocycles. The van der Waals surface area contributed by atoms with Crippen LogP contribution in [0.1, 0.15) is 24.2 Å². The van der Waals surface area contributed by atoms with E-state index in [0.717, 1.165) is 6.08 Å². The molecule has 3 aromatic rings. The zero-order valence-corrected chi connectivity index (χ0v) is 17.0. The third-order valence-electron chi connectivity index (χ3n) is 4.32. The Kier molecular flexibility index (Phi) is 7.54. The second-order valence-electron chi connectivity index (χ2n) is 6.50. The van der Waals surface area contributed by atoms with E-state index in [1.165, 1.54) is 18.2 Å². The van der Waals surface area contributed by atoms with Gasteiger partial charge in [-0.25, -0.2) is 9.18 Å². The van der Waals surface area contributed by atoms with Gasteiger partial charge in [-0.3, -0.25) is 4.79 Å². The number of benzene rings is 3. The van der Waals surface area contributed by atoms with Gasteiger partial charge in [0.15, 0.2) is 0 Å². The van der Waals surface area contributed by atoms with Crippen molar-refractivity contribution in [2.75, 3.05) is 11.9 Å². The molecule has 0 heterocycles. The maximum atomic E-state index is 13.8. The van der Waals surface area contributed by atoms with E-state index in [4.69, 9.17) is 9.47 Å². The lowest BCUT2D eigenvalue weighted by atomic mass is 10.1. The maximum Gasteiger partial charge on any atom is 0.331 e. The molecule has 0 aromatic heterocycles. The first kappa shape index (κ1) is 21.8. The molecule has 0 unspecified atom stereocenters. The first-order valence-corrected chi connectivity index (χ1v) is 9.79. The lowest BCUT2D eigenvalue weighted by Crippen LogP contribution is -2.25. The van der Waals surface area contributed by atoms with E-state index in [1.807, 2.05) is 6.92 Å². The largest absolute Gasteiger partial charge is 0.492 e. The molecule has 3 aromatic carbocycles. The van der Waals surface area contributed by atoms with Gasteiger partial charge in [-0.1, -0.05) is 60.7 Å². The highest BCUT2D eigenvalue weighted by molar-refractivity contribution is 5.98. The van der Waals surface area contributed by atoms with Crippen LogP contribution in [0, 0.1) is 5.82 Å². The van der Waals surface area contributed by atoms with Crippen molar-refractivity contribution in [3.8, 4) is 5.75 Å². The molecule has 6 heteroatoms. The van der Waals surface area contributed by atoms with Crippen molar-refractivity contribution in [3.63, 3.8) is 0 Å². The van der Waals surface area contributed by atoms with Crippen LogP contribution in [0.25, 0.3) is 6.08 Å². The number of halogens is 1. The average Bonchev–Trinajstić information content (AvgIpc) is 2.79. The van der Waals surface area contributed by atoms with Gasteiger partial charge >= 0.3 is 5.97 Å². The molecule has 1 amide bonds. The van der Waals surface area contributed by atoms with Crippen molar-refractivity contribution in [2.24, 2.45) is 0 Å². The summed E-state index contributed by atoms with van der Waals surface area (Å²) in [5.41, 5.74) is 1.21. The molecule has 1 N–H and O–H groups in total. The topological polar surface area (TPSA) is 64.6 Å². The Bertz CT molecular complexity index is 1070. The molecule has 1 atom stereocenters. The third-order valence-corrected chi connectivity index (χ3v) is 4.32. The molecule has 0 bridgehead atoms. The van der Waals surface area contributed by atoms with E-state index in [9.17, 15) is 14.0 Å². The lowest BCUT2D eigenvalue weighted by molar-refractivity contribution is -0.149. The molecule has 0 saturated heterocycles. The summed E-state index contributed by atoms with van der Waals surface area (Å²) in [6.07, 6.45) is 1.20. The van der Waals surface area contributed by atoms with Crippen molar-refractivity contribution < 1.29 is 23.5 Å². The van der Waals surface area contributed by atoms with Gasteiger partial charge < -0.3 is 14.8 Å². The SMILES string of the molecule is CCOc1ccccc1NC(=O)[C@H](OC(=O)/C=C/c1ccccc1F)c1ccccc1. The van der Waals surface area contributed by atoms with Crippen LogP contribution < -0.4 is 10.1 Å². The molecule has 0 radical (unpaired) electrons. The third kappa shape index (κ3) is 6.02. The van der Waals surface area contributed by atoms with Crippen LogP contribution in [-0.4, -0.2) is 18.5 Å². The number of hydrogen-bond donors (Lipinski definition) is 1. The average molecular weight is 419 g/mol. The van der Waals surface area contributed by atoms with Crippen LogP contribution in [0.4, 0.5) is 10.1 Å². The first-order valence-electron chi connectivity index (χ1n) is 9.79. The number of amides is 1. The molecule has 31 heavy (non-hydrogen) atoms. The number of carbonyl (C=O) groups excluding carboxylic acids is 2. The van der Waals surface area contributed by atoms with E-state index in [-0.39, 0.29) is 5.56 Å². The van der Waals surface area contributed by atoms with Crippen molar-refractivity contribution >= 4 is 23.6 Å². The van der Waals surface area contributed by atoms with Gasteiger partial charge in [-0.05, 0) is 31.2 Å². The molecule has 0 saturated carbocycles. The van der Waals surface area contributed by atoms with Gasteiger partial charge in [0.05, 0.1) is 12.3 Å². The van der Waals surface area contributed by atoms with Gasteiger partial charge in [-0.2, -0.15) is 0 Å². The molecule has 0 aliphatic carbocycles. The highest BCUT2D eigenvalue weighted by Crippen LogP contribution is 2.26. The van der Waals surface area contributed by atoms with Gasteiger partial charge in [0, 0.05) is 17.2 Å². The molecule has 0 aliphatic rings. The van der Waals surface area contributed by atoms with E-state index in [1.54, 1.807) is 66.7 Å². The summed E-state index contributed by atoms with van der Waals surface area (Å²) in [6.45, 7) is 2.28. The van der Waals surface area contributed by atoms with Crippen LogP contribution in [0.3, 0.4) is 0 Å². The summed E-state index contributed by atoms with van der Waals surface area (Å²) in [4.78, 5) is 25.4. The minimum absolute atomic E-state index is 0.241. The number of nitrogens with one attached hydrogen (secondary N) is 1. The fourth-order valence-electron chi connectivity index (χ4n) is 2.87. The summed E-state index contributed by atoms with van der Waals surface area (Å²) in [7, 11) is 0. The molecule has 5 nitrogen and oxygen atoms in total. The number of anilines is 1. The standard InChI is InChI=1S/C25H22FNO4/c1-2-30-22-15-9-8-14-21(22)27-25(29)24(19-11-4-3-5-12-19)31-23(28)17-16-18-10-6-7-13-20(18)26/h3-17,24H,2H2,1H3,(H,27,29)/b17-16+/t24-/m1/s1. The minimum Gasteiger partial charge on any atom is -0.492 e. The Morgan fingerprint density at radius 3 is 2.39 bits per heavy atom. The molecule has 0 spiro atoms. The van der Waals surface area contributed by atoms with E-state index < -0.39 is 23.8 Å². The summed E-state index contributed by atoms with van der Waals surface area (Å²) in [6, 6.07) is 21.7. The summed E-state index contributed by atoms with van der Waals surface area (Å²) in [5, 5.41) is 2.76. The van der Waals surface area contributed by atoms with E-state index in [2.05, 4.69) is 5.32 Å². The van der Waals surface area contributed by atoms with E-state index in [0.29, 0.717) is 23.6 Å². The fourth-order valence-corrected chi connectivity index (χ4v) is 2.87. The zero-order chi connectivity index (χ0) is 22.1. The lowest BCUT2D eigenvalue weighted by Gasteiger charge is -2.18. The second kappa shape index (κ2) is 10.7. The van der Waals surface area contributed by atoms with Crippen molar-refractivity contribution in [2.45, 2.75) is 13.0 Å². The smallest absolute Gasteiger partial charge is 0.331 e. The van der Waals surface area contributed by atoms with Crippen LogP contribution in [0.15, 0.2) is 84.9 Å². The second-order valence-corrected chi connectivity index (χ2v) is 6.50. The van der Waals surface area contributed by atoms with Gasteiger partial charge in [0.25, 0.3) is 5.91 Å². The van der Waals surface area contributed by atoms with Gasteiger partial charge in [0.2, 0.25) is 6.10 Å². The normalized spacial score (nSPS) is 11.7. The summed E-state index contributed by atoms with van der Waals surface area (Å²) >= 11 is 0. The summed E-state index contributed by atoms with van der Waals surface area (Å²) < 4.78 is 24.7. The van der Waals surface area contributed by atoms with Gasteiger partial charge in [0.1, 0.15) is 11.6 Å². The van der Waals surface area contributed by atoms with Crippen LogP contribution in [-0.2, 0) is 14.3 Å². The number of hydrogen-bond acceptors (Lipinski definition) is 4. The number of ether oxygens (including phenoxy) is 2. The van der Waals surface area contributed by atoms with Crippen molar-refractivity contribution in [1.29, 1.82) is 0 Å². The Morgan fingerprint density at radius 1 is 0.968 bits per heavy atom. The Balaban J connectivity index is 1.80. The number of para-hydroxylation sites is 2. The zero-order valence-electron chi connectivity index (χ0n) is 17.0. The number of carbonyl (C=O) groups is 2. The Hall–Kier alpha value is -3.93. The molecular formula is C25H22FNO4. The van der Waals surface area contributed by atoms with Crippen molar-refractivity contribution in [3.05, 3.63) is 102 Å². The van der Waals surface area contributed by atoms with Gasteiger partial charge in [-0.15, -0.1) is 0 Å². The predicted molar refractivity (Wildman–Crippen MR) is 117 cm³/mol. The molecule has 3 rings (SSSR count). The minimum atomic E-state index is -1.20. The van der Waals surface area contributed by atoms with E-state index >= 15 is 0 Å². The molecule has 158 valence electrons. The molecular weight excluding hydrogens is 397 g/mol. The Labute approximate surface area is 180 Å². The quantitative estimate of drug-likeness (QED) is 0.405. The van der Waals surface area contributed by atoms with Crippen LogP contribution in [0.5, 0.6) is 5.75 Å². The number of rotatable bonds is 8. The fraction of sp³-hybridized carbons (Fsp3) is 0.120. The first-order chi connectivity index (χ1) is 15.1. The van der Waals surface area contributed by atoms with Crippen LogP contribution >= 0.6 is 0 Å². The molecule has 0 fully saturated rings. The maximum absolute atomic E-state index is 13.8. The monoisotopic (exact) mass is 419 g/mol. The highest BCUT2D eigenvalue weighted by atomic mass is 19.1.